The van der Waals surface area contributed by atoms with Gasteiger partial charge in [-0.25, -0.2) is 9.97 Å². The lowest BCUT2D eigenvalue weighted by Gasteiger charge is -2.09. The quantitative estimate of drug-likeness (QED) is 0.455. The molecule has 120 valence electrons. The van der Waals surface area contributed by atoms with Gasteiger partial charge in [-0.2, -0.15) is 0 Å². The second-order valence-corrected chi connectivity index (χ2v) is 7.34. The van der Waals surface area contributed by atoms with Gasteiger partial charge in [-0.15, -0.1) is 11.3 Å². The minimum absolute atomic E-state index is 0.0569. The summed E-state index contributed by atoms with van der Waals surface area (Å²) in [6, 6.07) is 2.14. The van der Waals surface area contributed by atoms with Crippen molar-refractivity contribution in [3.05, 3.63) is 17.3 Å². The van der Waals surface area contributed by atoms with Gasteiger partial charge in [-0.05, 0) is 39.5 Å². The molecule has 0 aliphatic carbocycles. The summed E-state index contributed by atoms with van der Waals surface area (Å²) in [5.41, 5.74) is 0. The zero-order valence-electron chi connectivity index (χ0n) is 13.3. The van der Waals surface area contributed by atoms with E-state index in [1.807, 2.05) is 14.1 Å². The molecule has 22 heavy (non-hydrogen) atoms. The summed E-state index contributed by atoms with van der Waals surface area (Å²) in [5, 5.41) is 4.90. The topological polar surface area (TPSA) is 58.1 Å². The van der Waals surface area contributed by atoms with Crippen molar-refractivity contribution >= 4 is 39.2 Å². The van der Waals surface area contributed by atoms with Gasteiger partial charge in [0.15, 0.2) is 0 Å². The predicted octanol–water partition coefficient (Wildman–Crippen LogP) is 2.41. The maximum Gasteiger partial charge on any atom is 0.230 e. The van der Waals surface area contributed by atoms with Crippen molar-refractivity contribution in [3.8, 4) is 0 Å². The Balaban J connectivity index is 1.86. The van der Waals surface area contributed by atoms with Gasteiger partial charge in [0, 0.05) is 16.8 Å². The van der Waals surface area contributed by atoms with Crippen molar-refractivity contribution in [2.45, 2.75) is 24.8 Å². The van der Waals surface area contributed by atoms with Crippen LogP contribution in [0.25, 0.3) is 10.2 Å². The van der Waals surface area contributed by atoms with Crippen LogP contribution in [-0.2, 0) is 11.2 Å². The number of hydrogen-bond acceptors (Lipinski definition) is 6. The molecule has 0 saturated carbocycles. The third-order valence-corrected chi connectivity index (χ3v) is 5.33. The number of carbonyl (C=O) groups excluding carboxylic acids is 1. The van der Waals surface area contributed by atoms with E-state index in [1.54, 1.807) is 17.7 Å². The fourth-order valence-electron chi connectivity index (χ4n) is 1.98. The van der Waals surface area contributed by atoms with Gasteiger partial charge in [0.05, 0.1) is 5.75 Å². The summed E-state index contributed by atoms with van der Waals surface area (Å²) < 4.78 is 0. The maximum absolute atomic E-state index is 11.9. The number of hydrogen-bond donors (Lipinski definition) is 1. The van der Waals surface area contributed by atoms with E-state index in [0.29, 0.717) is 5.75 Å². The number of nitrogens with one attached hydrogen (secondary N) is 1. The first-order valence-corrected chi connectivity index (χ1v) is 9.18. The van der Waals surface area contributed by atoms with Crippen molar-refractivity contribution in [3.63, 3.8) is 0 Å². The van der Waals surface area contributed by atoms with Gasteiger partial charge in [0.25, 0.3) is 0 Å². The Kier molecular flexibility index (Phi) is 6.60. The van der Waals surface area contributed by atoms with E-state index >= 15 is 0 Å². The van der Waals surface area contributed by atoms with Crippen molar-refractivity contribution in [2.24, 2.45) is 0 Å². The SMILES string of the molecule is CCc1cc2c(SCC(=O)NCCCN(C)C)ncnc2s1. The van der Waals surface area contributed by atoms with Crippen LogP contribution < -0.4 is 5.32 Å². The predicted molar refractivity (Wildman–Crippen MR) is 93.7 cm³/mol. The number of rotatable bonds is 8. The average Bonchev–Trinajstić information content (AvgIpc) is 2.93. The molecular formula is C15H22N4OS2. The van der Waals surface area contributed by atoms with Crippen LogP contribution in [0, 0.1) is 0 Å². The summed E-state index contributed by atoms with van der Waals surface area (Å²) in [6.07, 6.45) is 3.54. The zero-order valence-corrected chi connectivity index (χ0v) is 14.9. The second-order valence-electron chi connectivity index (χ2n) is 5.26. The molecule has 1 N–H and O–H groups in total. The number of aryl methyl sites for hydroxylation is 1. The molecule has 0 aliphatic heterocycles. The van der Waals surface area contributed by atoms with Crippen LogP contribution in [0.4, 0.5) is 0 Å². The number of thioether (sulfide) groups is 1. The summed E-state index contributed by atoms with van der Waals surface area (Å²) in [4.78, 5) is 24.9. The first-order chi connectivity index (χ1) is 10.6. The number of aromatic nitrogens is 2. The lowest BCUT2D eigenvalue weighted by Crippen LogP contribution is -2.28. The van der Waals surface area contributed by atoms with Gasteiger partial charge in [0.1, 0.15) is 16.2 Å². The Morgan fingerprint density at radius 3 is 2.95 bits per heavy atom. The van der Waals surface area contributed by atoms with Crippen LogP contribution in [0.2, 0.25) is 0 Å². The monoisotopic (exact) mass is 338 g/mol. The molecule has 0 saturated heterocycles. The van der Waals surface area contributed by atoms with Gasteiger partial charge in [-0.1, -0.05) is 18.7 Å². The number of fused-ring (bicyclic) bond motifs is 1. The minimum Gasteiger partial charge on any atom is -0.355 e. The van der Waals surface area contributed by atoms with Crippen LogP contribution in [-0.4, -0.2) is 53.7 Å². The number of carbonyl (C=O) groups is 1. The van der Waals surface area contributed by atoms with Gasteiger partial charge in [0.2, 0.25) is 5.91 Å². The van der Waals surface area contributed by atoms with Crippen molar-refractivity contribution in [1.82, 2.24) is 20.2 Å². The van der Waals surface area contributed by atoms with Crippen LogP contribution in [0.3, 0.4) is 0 Å². The van der Waals surface area contributed by atoms with E-state index in [-0.39, 0.29) is 5.91 Å². The summed E-state index contributed by atoms with van der Waals surface area (Å²) in [6.45, 7) is 3.83. The molecule has 2 heterocycles. The van der Waals surface area contributed by atoms with E-state index in [4.69, 9.17) is 0 Å². The molecule has 5 nitrogen and oxygen atoms in total. The normalized spacial score (nSPS) is 11.3. The zero-order chi connectivity index (χ0) is 15.9. The number of thiophene rings is 1. The Morgan fingerprint density at radius 2 is 2.23 bits per heavy atom. The average molecular weight is 339 g/mol. The van der Waals surface area contributed by atoms with Crippen LogP contribution in [0.15, 0.2) is 17.4 Å². The van der Waals surface area contributed by atoms with Crippen LogP contribution in [0.1, 0.15) is 18.2 Å². The van der Waals surface area contributed by atoms with Crippen LogP contribution in [0.5, 0.6) is 0 Å². The Labute approximate surface area is 139 Å². The molecule has 0 unspecified atom stereocenters. The maximum atomic E-state index is 11.9. The first-order valence-electron chi connectivity index (χ1n) is 7.37. The fraction of sp³-hybridized carbons (Fsp3) is 0.533. The van der Waals surface area contributed by atoms with E-state index in [1.165, 1.54) is 16.6 Å². The largest absolute Gasteiger partial charge is 0.355 e. The fourth-order valence-corrected chi connectivity index (χ4v) is 3.78. The standard InChI is InChI=1S/C15H22N4OS2/c1-4-11-8-12-14(17-10-18-15(12)22-11)21-9-13(20)16-6-5-7-19(2)3/h8,10H,4-7,9H2,1-3H3,(H,16,20). The van der Waals surface area contributed by atoms with E-state index in [9.17, 15) is 4.79 Å². The van der Waals surface area contributed by atoms with Gasteiger partial charge >= 0.3 is 0 Å². The third-order valence-electron chi connectivity index (χ3n) is 3.14. The highest BCUT2D eigenvalue weighted by Crippen LogP contribution is 2.30. The molecule has 2 aromatic rings. The molecule has 0 atom stereocenters. The molecule has 0 radical (unpaired) electrons. The van der Waals surface area contributed by atoms with E-state index in [2.05, 4.69) is 33.2 Å². The van der Waals surface area contributed by atoms with Gasteiger partial charge < -0.3 is 10.2 Å². The molecule has 0 fully saturated rings. The van der Waals surface area contributed by atoms with Crippen LogP contribution >= 0.6 is 23.1 Å². The van der Waals surface area contributed by atoms with Gasteiger partial charge in [-0.3, -0.25) is 4.79 Å². The lowest BCUT2D eigenvalue weighted by atomic mass is 10.3. The first kappa shape index (κ1) is 17.2. The summed E-state index contributed by atoms with van der Waals surface area (Å²) >= 11 is 3.17. The smallest absolute Gasteiger partial charge is 0.230 e. The molecule has 0 spiro atoms. The van der Waals surface area contributed by atoms with E-state index < -0.39 is 0 Å². The molecule has 1 amide bonds. The molecule has 2 aromatic heterocycles. The molecule has 0 aliphatic rings. The molecule has 2 rings (SSSR count). The number of amides is 1. The highest BCUT2D eigenvalue weighted by Gasteiger charge is 2.10. The second kappa shape index (κ2) is 8.45. The molecule has 0 bridgehead atoms. The Hall–Kier alpha value is -1.18. The van der Waals surface area contributed by atoms with Crippen molar-refractivity contribution < 1.29 is 4.79 Å². The molecule has 7 heteroatoms. The number of nitrogens with zero attached hydrogens (tertiary/aromatic N) is 3. The molecule has 0 aromatic carbocycles. The lowest BCUT2D eigenvalue weighted by molar-refractivity contribution is -0.118. The highest BCUT2D eigenvalue weighted by molar-refractivity contribution is 8.00. The highest BCUT2D eigenvalue weighted by atomic mass is 32.2. The van der Waals surface area contributed by atoms with Crippen molar-refractivity contribution in [2.75, 3.05) is 32.9 Å². The third kappa shape index (κ3) is 4.93. The molecular weight excluding hydrogens is 316 g/mol. The van der Waals surface area contributed by atoms with Crippen molar-refractivity contribution in [1.29, 1.82) is 0 Å². The van der Waals surface area contributed by atoms with E-state index in [0.717, 1.165) is 41.2 Å². The summed E-state index contributed by atoms with van der Waals surface area (Å²) in [5.74, 6) is 0.451. The summed E-state index contributed by atoms with van der Waals surface area (Å²) in [7, 11) is 4.06. The Bertz CT molecular complexity index is 627. The minimum atomic E-state index is 0.0569. The Morgan fingerprint density at radius 1 is 1.41 bits per heavy atom.